The zero-order valence-corrected chi connectivity index (χ0v) is 9.64. The van der Waals surface area contributed by atoms with Gasteiger partial charge in [0.25, 0.3) is 0 Å². The van der Waals surface area contributed by atoms with Gasteiger partial charge in [-0.05, 0) is 24.6 Å². The molecule has 0 spiro atoms. The molecule has 0 aliphatic heterocycles. The number of nitrogens with zero attached hydrogens (tertiary/aromatic N) is 2. The standard InChI is InChI=1S/C14H13N3/c1-10-7-8-12-14(15-10)17-13(16-12)9-11-5-3-2-4-6-11/h2-8H,9H2,1H3,(H,15,16,17). The highest BCUT2D eigenvalue weighted by molar-refractivity contribution is 5.70. The molecule has 0 radical (unpaired) electrons. The van der Waals surface area contributed by atoms with Gasteiger partial charge in [0.15, 0.2) is 5.65 Å². The van der Waals surface area contributed by atoms with Gasteiger partial charge in [-0.3, -0.25) is 0 Å². The molecule has 2 heterocycles. The highest BCUT2D eigenvalue weighted by atomic mass is 15.0. The second-order valence-electron chi connectivity index (χ2n) is 4.17. The molecule has 0 aliphatic carbocycles. The van der Waals surface area contributed by atoms with Crippen LogP contribution in [-0.4, -0.2) is 15.0 Å². The van der Waals surface area contributed by atoms with Gasteiger partial charge in [0, 0.05) is 12.1 Å². The van der Waals surface area contributed by atoms with Crippen molar-refractivity contribution < 1.29 is 0 Å². The number of nitrogens with one attached hydrogen (secondary N) is 1. The molecule has 84 valence electrons. The zero-order valence-electron chi connectivity index (χ0n) is 9.64. The van der Waals surface area contributed by atoms with Crippen LogP contribution in [0, 0.1) is 6.92 Å². The van der Waals surface area contributed by atoms with Gasteiger partial charge in [0.05, 0.1) is 5.52 Å². The zero-order chi connectivity index (χ0) is 11.7. The van der Waals surface area contributed by atoms with Gasteiger partial charge in [-0.15, -0.1) is 0 Å². The van der Waals surface area contributed by atoms with Crippen LogP contribution < -0.4 is 0 Å². The van der Waals surface area contributed by atoms with Crippen molar-refractivity contribution in [2.75, 3.05) is 0 Å². The first-order chi connectivity index (χ1) is 8.31. The van der Waals surface area contributed by atoms with Crippen LogP contribution in [0.25, 0.3) is 11.2 Å². The Morgan fingerprint density at radius 1 is 1.00 bits per heavy atom. The van der Waals surface area contributed by atoms with Crippen molar-refractivity contribution in [1.82, 2.24) is 15.0 Å². The van der Waals surface area contributed by atoms with Crippen LogP contribution >= 0.6 is 0 Å². The normalized spacial score (nSPS) is 10.9. The maximum Gasteiger partial charge on any atom is 0.177 e. The molecule has 3 aromatic rings. The highest BCUT2D eigenvalue weighted by Crippen LogP contribution is 2.12. The molecule has 3 heteroatoms. The number of rotatable bonds is 2. The van der Waals surface area contributed by atoms with E-state index in [1.54, 1.807) is 0 Å². The summed E-state index contributed by atoms with van der Waals surface area (Å²) in [5.74, 6) is 0.962. The molecule has 17 heavy (non-hydrogen) atoms. The summed E-state index contributed by atoms with van der Waals surface area (Å²) in [6, 6.07) is 14.3. The Morgan fingerprint density at radius 2 is 1.82 bits per heavy atom. The number of aromatic nitrogens is 3. The monoisotopic (exact) mass is 223 g/mol. The van der Waals surface area contributed by atoms with E-state index in [0.29, 0.717) is 0 Å². The minimum Gasteiger partial charge on any atom is -0.340 e. The summed E-state index contributed by atoms with van der Waals surface area (Å²) in [7, 11) is 0. The number of aryl methyl sites for hydroxylation is 1. The second-order valence-corrected chi connectivity index (χ2v) is 4.17. The van der Waals surface area contributed by atoms with Crippen molar-refractivity contribution in [3.05, 3.63) is 59.5 Å². The molecule has 1 aromatic carbocycles. The number of benzene rings is 1. The smallest absolute Gasteiger partial charge is 0.177 e. The van der Waals surface area contributed by atoms with Crippen molar-refractivity contribution in [1.29, 1.82) is 0 Å². The van der Waals surface area contributed by atoms with Crippen LogP contribution in [0.15, 0.2) is 42.5 Å². The SMILES string of the molecule is Cc1ccc2[nH]c(Cc3ccccc3)nc2n1. The topological polar surface area (TPSA) is 41.6 Å². The first kappa shape index (κ1) is 10.0. The maximum atomic E-state index is 4.50. The molecule has 2 aromatic heterocycles. The third-order valence-corrected chi connectivity index (χ3v) is 2.75. The van der Waals surface area contributed by atoms with Crippen LogP contribution in [0.3, 0.4) is 0 Å². The number of hydrogen-bond acceptors (Lipinski definition) is 2. The molecule has 0 atom stereocenters. The van der Waals surface area contributed by atoms with E-state index in [1.165, 1.54) is 5.56 Å². The van der Waals surface area contributed by atoms with Crippen molar-refractivity contribution in [3.63, 3.8) is 0 Å². The van der Waals surface area contributed by atoms with E-state index in [4.69, 9.17) is 0 Å². The van der Waals surface area contributed by atoms with E-state index in [-0.39, 0.29) is 0 Å². The summed E-state index contributed by atoms with van der Waals surface area (Å²) in [5, 5.41) is 0. The van der Waals surface area contributed by atoms with Crippen LogP contribution in [0.1, 0.15) is 17.1 Å². The predicted molar refractivity (Wildman–Crippen MR) is 67.9 cm³/mol. The first-order valence-corrected chi connectivity index (χ1v) is 5.67. The predicted octanol–water partition coefficient (Wildman–Crippen LogP) is 2.86. The number of fused-ring (bicyclic) bond motifs is 1. The molecule has 0 aliphatic rings. The van der Waals surface area contributed by atoms with Gasteiger partial charge < -0.3 is 4.98 Å². The van der Waals surface area contributed by atoms with Crippen molar-refractivity contribution in [2.45, 2.75) is 13.3 Å². The second kappa shape index (κ2) is 4.01. The van der Waals surface area contributed by atoms with Crippen molar-refractivity contribution in [2.24, 2.45) is 0 Å². The van der Waals surface area contributed by atoms with Crippen molar-refractivity contribution in [3.8, 4) is 0 Å². The summed E-state index contributed by atoms with van der Waals surface area (Å²) in [6.07, 6.45) is 0.816. The van der Waals surface area contributed by atoms with E-state index in [9.17, 15) is 0 Å². The largest absolute Gasteiger partial charge is 0.340 e. The fourth-order valence-corrected chi connectivity index (χ4v) is 1.91. The van der Waals surface area contributed by atoms with Gasteiger partial charge in [-0.2, -0.15) is 0 Å². The number of hydrogen-bond donors (Lipinski definition) is 1. The fourth-order valence-electron chi connectivity index (χ4n) is 1.91. The molecule has 0 bridgehead atoms. The molecule has 0 saturated carbocycles. The molecule has 0 amide bonds. The van der Waals surface area contributed by atoms with Gasteiger partial charge in [-0.1, -0.05) is 30.3 Å². The summed E-state index contributed by atoms with van der Waals surface area (Å²) in [4.78, 5) is 12.2. The fraction of sp³-hybridized carbons (Fsp3) is 0.143. The lowest BCUT2D eigenvalue weighted by Crippen LogP contribution is -1.89. The van der Waals surface area contributed by atoms with E-state index < -0.39 is 0 Å². The van der Waals surface area contributed by atoms with Crippen LogP contribution in [-0.2, 0) is 6.42 Å². The molecule has 3 rings (SSSR count). The third-order valence-electron chi connectivity index (χ3n) is 2.75. The van der Waals surface area contributed by atoms with E-state index in [0.717, 1.165) is 29.1 Å². The van der Waals surface area contributed by atoms with Crippen LogP contribution in [0.4, 0.5) is 0 Å². The van der Waals surface area contributed by atoms with Gasteiger partial charge in [0.1, 0.15) is 5.82 Å². The number of imidazole rings is 1. The molecule has 0 fully saturated rings. The Balaban J connectivity index is 1.96. The van der Waals surface area contributed by atoms with E-state index in [2.05, 4.69) is 27.1 Å². The lowest BCUT2D eigenvalue weighted by molar-refractivity contribution is 1.03. The Morgan fingerprint density at radius 3 is 2.65 bits per heavy atom. The summed E-state index contributed by atoms with van der Waals surface area (Å²) < 4.78 is 0. The van der Waals surface area contributed by atoms with Gasteiger partial charge in [0.2, 0.25) is 0 Å². The first-order valence-electron chi connectivity index (χ1n) is 5.67. The summed E-state index contributed by atoms with van der Waals surface area (Å²) in [6.45, 7) is 1.98. The Hall–Kier alpha value is -2.16. The van der Waals surface area contributed by atoms with Crippen molar-refractivity contribution >= 4 is 11.2 Å². The summed E-state index contributed by atoms with van der Waals surface area (Å²) in [5.41, 5.74) is 4.05. The average Bonchev–Trinajstić information content (AvgIpc) is 2.71. The minimum atomic E-state index is 0.802. The number of aromatic amines is 1. The Labute approximate surface area is 99.5 Å². The molecule has 0 saturated heterocycles. The minimum absolute atomic E-state index is 0.802. The van der Waals surface area contributed by atoms with Gasteiger partial charge in [-0.25, -0.2) is 9.97 Å². The molecule has 1 N–H and O–H groups in total. The molecular formula is C14H13N3. The van der Waals surface area contributed by atoms with E-state index in [1.807, 2.05) is 37.3 Å². The quantitative estimate of drug-likeness (QED) is 0.725. The third kappa shape index (κ3) is 2.04. The average molecular weight is 223 g/mol. The molecule has 3 nitrogen and oxygen atoms in total. The molecular weight excluding hydrogens is 210 g/mol. The maximum absolute atomic E-state index is 4.50. The lowest BCUT2D eigenvalue weighted by Gasteiger charge is -1.95. The number of pyridine rings is 1. The van der Waals surface area contributed by atoms with Crippen LogP contribution in [0.2, 0.25) is 0 Å². The summed E-state index contributed by atoms with van der Waals surface area (Å²) >= 11 is 0. The lowest BCUT2D eigenvalue weighted by atomic mass is 10.1. The highest BCUT2D eigenvalue weighted by Gasteiger charge is 2.04. The Bertz CT molecular complexity index is 641. The van der Waals surface area contributed by atoms with Crippen LogP contribution in [0.5, 0.6) is 0 Å². The van der Waals surface area contributed by atoms with Gasteiger partial charge >= 0.3 is 0 Å². The molecule has 0 unspecified atom stereocenters. The Kier molecular flexibility index (Phi) is 2.37. The number of H-pyrrole nitrogens is 1. The van der Waals surface area contributed by atoms with E-state index >= 15 is 0 Å².